The van der Waals surface area contributed by atoms with Crippen LogP contribution in [0.4, 0.5) is 10.8 Å². The third kappa shape index (κ3) is 3.70. The number of nitrogens with one attached hydrogen (secondary N) is 1. The summed E-state index contributed by atoms with van der Waals surface area (Å²) in [5.41, 5.74) is 0.949. The van der Waals surface area contributed by atoms with Gasteiger partial charge in [-0.05, 0) is 25.1 Å². The number of anilines is 2. The van der Waals surface area contributed by atoms with Gasteiger partial charge in [-0.25, -0.2) is 0 Å². The highest BCUT2D eigenvalue weighted by molar-refractivity contribution is 9.10. The maximum atomic E-state index is 8.73. The summed E-state index contributed by atoms with van der Waals surface area (Å²) in [6.45, 7) is 1.84. The molecule has 0 saturated heterocycles. The van der Waals surface area contributed by atoms with E-state index in [1.165, 1.54) is 23.1 Å². The fourth-order valence-corrected chi connectivity index (χ4v) is 3.38. The summed E-state index contributed by atoms with van der Waals surface area (Å²) >= 11 is 6.26. The van der Waals surface area contributed by atoms with Gasteiger partial charge in [0.1, 0.15) is 0 Å². The lowest BCUT2D eigenvalue weighted by Crippen LogP contribution is -1.88. The predicted octanol–water partition coefficient (Wildman–Crippen LogP) is 4.05. The summed E-state index contributed by atoms with van der Waals surface area (Å²) in [6, 6.07) is 9.98. The molecule has 1 aromatic heterocycles. The lowest BCUT2D eigenvalue weighted by molar-refractivity contribution is 1.01. The quantitative estimate of drug-likeness (QED) is 0.850. The largest absolute Gasteiger partial charge is 0.330 e. The highest BCUT2D eigenvalue weighted by atomic mass is 79.9. The molecular formula is C11H9BrN4S2. The zero-order valence-electron chi connectivity index (χ0n) is 9.42. The van der Waals surface area contributed by atoms with Gasteiger partial charge in [0.05, 0.1) is 11.3 Å². The molecule has 92 valence electrons. The first-order valence-corrected chi connectivity index (χ1v) is 7.58. The van der Waals surface area contributed by atoms with Gasteiger partial charge in [0, 0.05) is 10.2 Å². The highest BCUT2D eigenvalue weighted by Crippen LogP contribution is 2.30. The molecule has 1 unspecified atom stereocenters. The second-order valence-electron chi connectivity index (χ2n) is 3.40. The van der Waals surface area contributed by atoms with Crippen LogP contribution in [0.15, 0.2) is 33.1 Å². The average molecular weight is 341 g/mol. The zero-order valence-corrected chi connectivity index (χ0v) is 12.6. The van der Waals surface area contributed by atoms with Crippen molar-refractivity contribution in [3.8, 4) is 6.07 Å². The second-order valence-corrected chi connectivity index (χ2v) is 6.88. The van der Waals surface area contributed by atoms with Gasteiger partial charge in [0.25, 0.3) is 0 Å². The minimum Gasteiger partial charge on any atom is -0.330 e. The van der Waals surface area contributed by atoms with E-state index in [1.807, 2.05) is 31.2 Å². The molecule has 0 spiro atoms. The van der Waals surface area contributed by atoms with E-state index in [-0.39, 0.29) is 5.25 Å². The van der Waals surface area contributed by atoms with Gasteiger partial charge < -0.3 is 5.32 Å². The minimum atomic E-state index is -0.114. The monoisotopic (exact) mass is 340 g/mol. The molecule has 18 heavy (non-hydrogen) atoms. The molecule has 1 heterocycles. The van der Waals surface area contributed by atoms with Crippen LogP contribution in [-0.4, -0.2) is 15.4 Å². The highest BCUT2D eigenvalue weighted by Gasteiger charge is 2.09. The van der Waals surface area contributed by atoms with E-state index in [0.29, 0.717) is 0 Å². The van der Waals surface area contributed by atoms with Crippen LogP contribution in [0.1, 0.15) is 6.92 Å². The summed E-state index contributed by atoms with van der Waals surface area (Å²) in [4.78, 5) is 0. The number of benzene rings is 1. The Kier molecular flexibility index (Phi) is 4.58. The standard InChI is InChI=1S/C11H9BrN4S2/c1-7(6-13)17-11-16-15-10(18-11)14-9-4-2-3-8(12)5-9/h2-5,7H,1H3,(H,14,15). The Balaban J connectivity index is 2.05. The molecule has 0 aliphatic heterocycles. The van der Waals surface area contributed by atoms with Crippen LogP contribution in [0.3, 0.4) is 0 Å². The van der Waals surface area contributed by atoms with Gasteiger partial charge in [0.2, 0.25) is 5.13 Å². The Morgan fingerprint density at radius 2 is 2.33 bits per heavy atom. The second kappa shape index (κ2) is 6.18. The van der Waals surface area contributed by atoms with Gasteiger partial charge in [-0.1, -0.05) is 45.1 Å². The molecule has 2 aromatic rings. The summed E-state index contributed by atoms with van der Waals surface area (Å²) < 4.78 is 1.80. The Bertz CT molecular complexity index is 578. The number of thioether (sulfide) groups is 1. The maximum Gasteiger partial charge on any atom is 0.210 e. The smallest absolute Gasteiger partial charge is 0.210 e. The minimum absolute atomic E-state index is 0.114. The van der Waals surface area contributed by atoms with Gasteiger partial charge in [-0.3, -0.25) is 0 Å². The first-order valence-electron chi connectivity index (χ1n) is 5.10. The van der Waals surface area contributed by atoms with Crippen LogP contribution in [0.2, 0.25) is 0 Å². The van der Waals surface area contributed by atoms with E-state index < -0.39 is 0 Å². The Morgan fingerprint density at radius 3 is 3.06 bits per heavy atom. The molecule has 0 aliphatic carbocycles. The molecule has 4 nitrogen and oxygen atoms in total. The fraction of sp³-hybridized carbons (Fsp3) is 0.182. The Labute approximate surface area is 122 Å². The van der Waals surface area contributed by atoms with E-state index in [9.17, 15) is 0 Å². The number of nitriles is 1. The number of hydrogen-bond acceptors (Lipinski definition) is 6. The van der Waals surface area contributed by atoms with Crippen LogP contribution in [0, 0.1) is 11.3 Å². The number of halogens is 1. The van der Waals surface area contributed by atoms with Gasteiger partial charge in [0.15, 0.2) is 4.34 Å². The first-order chi connectivity index (χ1) is 8.67. The van der Waals surface area contributed by atoms with Crippen LogP contribution in [0.25, 0.3) is 0 Å². The van der Waals surface area contributed by atoms with Crippen LogP contribution in [-0.2, 0) is 0 Å². The van der Waals surface area contributed by atoms with Crippen molar-refractivity contribution in [2.75, 3.05) is 5.32 Å². The number of rotatable bonds is 4. The van der Waals surface area contributed by atoms with Crippen molar-refractivity contribution in [1.29, 1.82) is 5.26 Å². The normalized spacial score (nSPS) is 11.8. The number of nitrogens with zero attached hydrogens (tertiary/aromatic N) is 3. The van der Waals surface area contributed by atoms with Crippen molar-refractivity contribution in [3.63, 3.8) is 0 Å². The Hall–Kier alpha value is -1.10. The van der Waals surface area contributed by atoms with Crippen LogP contribution in [0.5, 0.6) is 0 Å². The third-order valence-corrected chi connectivity index (χ3v) is 4.35. The average Bonchev–Trinajstić information content (AvgIpc) is 2.76. The topological polar surface area (TPSA) is 61.6 Å². The molecule has 0 amide bonds. The predicted molar refractivity (Wildman–Crippen MR) is 78.3 cm³/mol. The number of aromatic nitrogens is 2. The zero-order chi connectivity index (χ0) is 13.0. The molecule has 1 N–H and O–H groups in total. The molecule has 0 fully saturated rings. The van der Waals surface area contributed by atoms with Gasteiger partial charge in [-0.2, -0.15) is 5.26 Å². The fourth-order valence-electron chi connectivity index (χ4n) is 1.18. The van der Waals surface area contributed by atoms with Gasteiger partial charge >= 0.3 is 0 Å². The van der Waals surface area contributed by atoms with E-state index in [2.05, 4.69) is 37.5 Å². The summed E-state index contributed by atoms with van der Waals surface area (Å²) in [6.07, 6.45) is 0. The lowest BCUT2D eigenvalue weighted by Gasteiger charge is -2.01. The summed E-state index contributed by atoms with van der Waals surface area (Å²) in [5.74, 6) is 0. The lowest BCUT2D eigenvalue weighted by atomic mass is 10.3. The van der Waals surface area contributed by atoms with E-state index in [1.54, 1.807) is 0 Å². The molecule has 7 heteroatoms. The van der Waals surface area contributed by atoms with E-state index >= 15 is 0 Å². The van der Waals surface area contributed by atoms with E-state index in [0.717, 1.165) is 19.6 Å². The molecule has 0 saturated carbocycles. The van der Waals surface area contributed by atoms with Crippen LogP contribution >= 0.6 is 39.0 Å². The van der Waals surface area contributed by atoms with Crippen molar-refractivity contribution >= 4 is 49.8 Å². The van der Waals surface area contributed by atoms with Crippen molar-refractivity contribution in [3.05, 3.63) is 28.7 Å². The van der Waals surface area contributed by atoms with Crippen molar-refractivity contribution in [2.45, 2.75) is 16.5 Å². The van der Waals surface area contributed by atoms with Crippen molar-refractivity contribution < 1.29 is 0 Å². The molecule has 1 atom stereocenters. The van der Waals surface area contributed by atoms with Crippen LogP contribution < -0.4 is 5.32 Å². The molecule has 2 rings (SSSR count). The Morgan fingerprint density at radius 1 is 1.50 bits per heavy atom. The molecule has 0 radical (unpaired) electrons. The maximum absolute atomic E-state index is 8.73. The van der Waals surface area contributed by atoms with Crippen molar-refractivity contribution in [1.82, 2.24) is 10.2 Å². The summed E-state index contributed by atoms with van der Waals surface area (Å²) in [7, 11) is 0. The molecule has 0 aliphatic rings. The SMILES string of the molecule is CC(C#N)Sc1nnc(Nc2cccc(Br)c2)s1. The van der Waals surface area contributed by atoms with Gasteiger partial charge in [-0.15, -0.1) is 10.2 Å². The van der Waals surface area contributed by atoms with Crippen molar-refractivity contribution in [2.24, 2.45) is 0 Å². The third-order valence-electron chi connectivity index (χ3n) is 1.94. The molecular weight excluding hydrogens is 332 g/mol. The first kappa shape index (κ1) is 13.3. The molecule has 0 bridgehead atoms. The number of hydrogen-bond donors (Lipinski definition) is 1. The molecule has 1 aromatic carbocycles. The van der Waals surface area contributed by atoms with E-state index in [4.69, 9.17) is 5.26 Å². The summed E-state index contributed by atoms with van der Waals surface area (Å²) in [5, 5.41) is 20.6.